The number of ether oxygens (including phenoxy) is 1. The van der Waals surface area contributed by atoms with Crippen molar-refractivity contribution in [3.05, 3.63) is 12.7 Å². The fourth-order valence-electron chi connectivity index (χ4n) is 0.808. The first-order valence-electron chi connectivity index (χ1n) is 3.03. The minimum absolute atomic E-state index is 0.424. The molecule has 0 saturated carbocycles. The van der Waals surface area contributed by atoms with Gasteiger partial charge in [-0.15, -0.1) is 6.58 Å². The maximum Gasteiger partial charge on any atom is 0.324 e. The van der Waals surface area contributed by atoms with Crippen LogP contribution in [-0.2, 0) is 9.53 Å². The van der Waals surface area contributed by atoms with E-state index in [0.29, 0.717) is 0 Å². The third kappa shape index (κ3) is 0.555. The van der Waals surface area contributed by atoms with E-state index >= 15 is 0 Å². The Labute approximate surface area is 59.3 Å². The van der Waals surface area contributed by atoms with E-state index in [1.165, 1.54) is 13.0 Å². The van der Waals surface area contributed by atoms with Gasteiger partial charge in [0.15, 0.2) is 0 Å². The SMILES string of the molecule is C=CC1(C)C(=O)OC1(C)O. The molecule has 0 aliphatic carbocycles. The summed E-state index contributed by atoms with van der Waals surface area (Å²) in [5.74, 6) is -1.79. The number of aliphatic hydroxyl groups is 1. The molecule has 2 unspecified atom stereocenters. The average Bonchev–Trinajstić information content (AvgIpc) is 1.85. The zero-order chi connectivity index (χ0) is 7.99. The Hall–Kier alpha value is -0.830. The van der Waals surface area contributed by atoms with Gasteiger partial charge in [0.2, 0.25) is 5.79 Å². The van der Waals surface area contributed by atoms with E-state index in [1.807, 2.05) is 0 Å². The standard InChI is InChI=1S/C7H10O3/c1-4-6(2)5(8)10-7(6,3)9/h4,9H,1H2,2-3H3. The van der Waals surface area contributed by atoms with Gasteiger partial charge < -0.3 is 9.84 Å². The maximum atomic E-state index is 10.7. The molecule has 3 nitrogen and oxygen atoms in total. The summed E-state index contributed by atoms with van der Waals surface area (Å²) in [7, 11) is 0. The minimum atomic E-state index is -1.37. The first-order valence-corrected chi connectivity index (χ1v) is 3.03. The molecule has 10 heavy (non-hydrogen) atoms. The molecule has 1 rings (SSSR count). The molecule has 0 radical (unpaired) electrons. The van der Waals surface area contributed by atoms with E-state index < -0.39 is 17.2 Å². The third-order valence-corrected chi connectivity index (χ3v) is 2.09. The molecule has 1 heterocycles. The highest BCUT2D eigenvalue weighted by molar-refractivity contribution is 5.85. The van der Waals surface area contributed by atoms with E-state index in [-0.39, 0.29) is 0 Å². The van der Waals surface area contributed by atoms with E-state index in [2.05, 4.69) is 11.3 Å². The Balaban J connectivity index is 2.93. The molecule has 56 valence electrons. The summed E-state index contributed by atoms with van der Waals surface area (Å²) < 4.78 is 4.48. The lowest BCUT2D eigenvalue weighted by Gasteiger charge is -2.47. The van der Waals surface area contributed by atoms with Crippen LogP contribution < -0.4 is 0 Å². The number of hydrogen-bond donors (Lipinski definition) is 1. The Morgan fingerprint density at radius 2 is 2.20 bits per heavy atom. The van der Waals surface area contributed by atoms with Gasteiger partial charge in [-0.3, -0.25) is 4.79 Å². The predicted molar refractivity (Wildman–Crippen MR) is 35.0 cm³/mol. The normalized spacial score (nSPS) is 45.7. The van der Waals surface area contributed by atoms with Crippen molar-refractivity contribution in [1.29, 1.82) is 0 Å². The van der Waals surface area contributed by atoms with Crippen molar-refractivity contribution < 1.29 is 14.6 Å². The molecular weight excluding hydrogens is 132 g/mol. The topological polar surface area (TPSA) is 46.5 Å². The largest absolute Gasteiger partial charge is 0.431 e. The van der Waals surface area contributed by atoms with Crippen LogP contribution in [0.3, 0.4) is 0 Å². The van der Waals surface area contributed by atoms with Gasteiger partial charge in [-0.2, -0.15) is 0 Å². The van der Waals surface area contributed by atoms with Gasteiger partial charge in [0.05, 0.1) is 0 Å². The molecule has 3 heteroatoms. The van der Waals surface area contributed by atoms with Crippen molar-refractivity contribution in [3.8, 4) is 0 Å². The quantitative estimate of drug-likeness (QED) is 0.427. The zero-order valence-electron chi connectivity index (χ0n) is 6.05. The molecule has 1 aliphatic rings. The molecule has 0 aromatic heterocycles. The monoisotopic (exact) mass is 142 g/mol. The number of carbonyl (C=O) groups excluding carboxylic acids is 1. The van der Waals surface area contributed by atoms with Gasteiger partial charge in [-0.25, -0.2) is 0 Å². The van der Waals surface area contributed by atoms with Crippen LogP contribution in [0.25, 0.3) is 0 Å². The van der Waals surface area contributed by atoms with Crippen LogP contribution in [0.1, 0.15) is 13.8 Å². The summed E-state index contributed by atoms with van der Waals surface area (Å²) in [6.45, 7) is 6.47. The average molecular weight is 142 g/mol. The molecule has 1 saturated heterocycles. The van der Waals surface area contributed by atoms with Crippen molar-refractivity contribution >= 4 is 5.97 Å². The summed E-state index contributed by atoms with van der Waals surface area (Å²) in [5, 5.41) is 9.29. The van der Waals surface area contributed by atoms with Crippen LogP contribution >= 0.6 is 0 Å². The van der Waals surface area contributed by atoms with E-state index in [4.69, 9.17) is 0 Å². The second-order valence-corrected chi connectivity index (χ2v) is 2.78. The fourth-order valence-corrected chi connectivity index (χ4v) is 0.808. The van der Waals surface area contributed by atoms with Gasteiger partial charge in [0.1, 0.15) is 5.41 Å². The Morgan fingerprint density at radius 1 is 1.70 bits per heavy atom. The van der Waals surface area contributed by atoms with Crippen LogP contribution in [0.2, 0.25) is 0 Å². The molecule has 2 atom stereocenters. The van der Waals surface area contributed by atoms with Gasteiger partial charge in [-0.1, -0.05) is 6.08 Å². The first kappa shape index (κ1) is 7.28. The summed E-state index contributed by atoms with van der Waals surface area (Å²) in [6.07, 6.45) is 1.40. The van der Waals surface area contributed by atoms with Gasteiger partial charge in [0, 0.05) is 6.92 Å². The highest BCUT2D eigenvalue weighted by atomic mass is 16.7. The van der Waals surface area contributed by atoms with Gasteiger partial charge in [-0.05, 0) is 6.92 Å². The van der Waals surface area contributed by atoms with Crippen LogP contribution in [0.15, 0.2) is 12.7 Å². The first-order chi connectivity index (χ1) is 4.44. The van der Waals surface area contributed by atoms with Crippen LogP contribution in [0.4, 0.5) is 0 Å². The number of esters is 1. The Bertz CT molecular complexity index is 195. The van der Waals surface area contributed by atoms with Crippen molar-refractivity contribution in [2.24, 2.45) is 5.41 Å². The number of hydrogen-bond acceptors (Lipinski definition) is 3. The third-order valence-electron chi connectivity index (χ3n) is 2.09. The highest BCUT2D eigenvalue weighted by Crippen LogP contribution is 2.44. The van der Waals surface area contributed by atoms with Gasteiger partial charge in [0.25, 0.3) is 0 Å². The number of rotatable bonds is 1. The molecule has 0 amide bonds. The number of cyclic esters (lactones) is 1. The summed E-state index contributed by atoms with van der Waals surface area (Å²) in [5.41, 5.74) is -0.924. The summed E-state index contributed by atoms with van der Waals surface area (Å²) >= 11 is 0. The highest BCUT2D eigenvalue weighted by Gasteiger charge is 2.61. The van der Waals surface area contributed by atoms with Crippen molar-refractivity contribution in [3.63, 3.8) is 0 Å². The maximum absolute atomic E-state index is 10.7. The molecule has 0 aromatic rings. The molecular formula is C7H10O3. The van der Waals surface area contributed by atoms with E-state index in [1.54, 1.807) is 6.92 Å². The summed E-state index contributed by atoms with van der Waals surface area (Å²) in [6, 6.07) is 0. The molecule has 1 N–H and O–H groups in total. The van der Waals surface area contributed by atoms with Crippen LogP contribution in [0, 0.1) is 5.41 Å². The van der Waals surface area contributed by atoms with Crippen LogP contribution in [0.5, 0.6) is 0 Å². The predicted octanol–water partition coefficient (Wildman–Crippen LogP) is 0.444. The Kier molecular flexibility index (Phi) is 1.17. The molecule has 0 aromatic carbocycles. The van der Waals surface area contributed by atoms with E-state index in [0.717, 1.165) is 0 Å². The van der Waals surface area contributed by atoms with Gasteiger partial charge >= 0.3 is 5.97 Å². The second-order valence-electron chi connectivity index (χ2n) is 2.78. The lowest BCUT2D eigenvalue weighted by Crippen LogP contribution is -2.62. The lowest BCUT2D eigenvalue weighted by molar-refractivity contribution is -0.298. The fraction of sp³-hybridized carbons (Fsp3) is 0.571. The van der Waals surface area contributed by atoms with E-state index in [9.17, 15) is 9.90 Å². The van der Waals surface area contributed by atoms with Crippen molar-refractivity contribution in [2.75, 3.05) is 0 Å². The molecule has 0 spiro atoms. The van der Waals surface area contributed by atoms with Crippen molar-refractivity contribution in [1.82, 2.24) is 0 Å². The molecule has 0 bridgehead atoms. The Morgan fingerprint density at radius 3 is 2.30 bits per heavy atom. The smallest absolute Gasteiger partial charge is 0.324 e. The van der Waals surface area contributed by atoms with Crippen LogP contribution in [-0.4, -0.2) is 16.9 Å². The lowest BCUT2D eigenvalue weighted by atomic mass is 9.77. The summed E-state index contributed by atoms with van der Waals surface area (Å²) in [4.78, 5) is 10.7. The molecule has 1 fully saturated rings. The molecule has 1 aliphatic heterocycles. The van der Waals surface area contributed by atoms with Crippen molar-refractivity contribution in [2.45, 2.75) is 19.6 Å². The zero-order valence-corrected chi connectivity index (χ0v) is 6.05. The number of carbonyl (C=O) groups is 1. The minimum Gasteiger partial charge on any atom is -0.431 e. The second kappa shape index (κ2) is 1.61.